The van der Waals surface area contributed by atoms with Crippen LogP contribution < -0.4 is 10.9 Å². The molecule has 0 saturated carbocycles. The van der Waals surface area contributed by atoms with Gasteiger partial charge in [-0.15, -0.1) is 0 Å². The van der Waals surface area contributed by atoms with Crippen molar-refractivity contribution in [1.29, 1.82) is 5.26 Å². The third-order valence-corrected chi connectivity index (χ3v) is 4.09. The van der Waals surface area contributed by atoms with E-state index in [1.54, 1.807) is 6.07 Å². The standard InChI is InChI=1S/C20H16FN3O2/c1-12-2-3-13-9-14(19(25)24-18(13)8-12)10-15(11-22)20(26)23-17-6-4-16(21)5-7-17/h2-9,15H,10H2,1H3,(H,23,26)(H,24,25)/t15-/m0/s1. The molecule has 0 saturated heterocycles. The maximum Gasteiger partial charge on any atom is 0.251 e. The van der Waals surface area contributed by atoms with Crippen LogP contribution in [0.1, 0.15) is 11.1 Å². The zero-order valence-electron chi connectivity index (χ0n) is 14.0. The second kappa shape index (κ2) is 7.19. The molecule has 0 spiro atoms. The number of carbonyl (C=O) groups excluding carboxylic acids is 1. The largest absolute Gasteiger partial charge is 0.325 e. The van der Waals surface area contributed by atoms with E-state index >= 15 is 0 Å². The van der Waals surface area contributed by atoms with Gasteiger partial charge < -0.3 is 10.3 Å². The van der Waals surface area contributed by atoms with Gasteiger partial charge in [0, 0.05) is 23.2 Å². The summed E-state index contributed by atoms with van der Waals surface area (Å²) in [6.07, 6.45) is -0.0112. The fourth-order valence-corrected chi connectivity index (χ4v) is 2.69. The van der Waals surface area contributed by atoms with Gasteiger partial charge in [0.1, 0.15) is 11.7 Å². The number of aromatic amines is 1. The average Bonchev–Trinajstić information content (AvgIpc) is 2.61. The Balaban J connectivity index is 1.82. The molecule has 1 aromatic heterocycles. The van der Waals surface area contributed by atoms with E-state index in [0.717, 1.165) is 10.9 Å². The second-order valence-electron chi connectivity index (χ2n) is 6.10. The number of carbonyl (C=O) groups is 1. The molecule has 26 heavy (non-hydrogen) atoms. The van der Waals surface area contributed by atoms with Crippen LogP contribution in [0.5, 0.6) is 0 Å². The Morgan fingerprint density at radius 2 is 1.96 bits per heavy atom. The molecule has 2 N–H and O–H groups in total. The molecule has 1 amide bonds. The molecule has 5 nitrogen and oxygen atoms in total. The SMILES string of the molecule is Cc1ccc2cc(C[C@@H](C#N)C(=O)Nc3ccc(F)cc3)c(=O)[nH]c2c1. The van der Waals surface area contributed by atoms with Crippen molar-refractivity contribution in [2.24, 2.45) is 5.92 Å². The monoisotopic (exact) mass is 349 g/mol. The smallest absolute Gasteiger partial charge is 0.251 e. The van der Waals surface area contributed by atoms with Gasteiger partial charge in [-0.1, -0.05) is 12.1 Å². The van der Waals surface area contributed by atoms with Crippen LogP contribution in [0.15, 0.2) is 53.3 Å². The molecule has 0 aliphatic rings. The summed E-state index contributed by atoms with van der Waals surface area (Å²) in [5, 5.41) is 12.7. The zero-order valence-corrected chi connectivity index (χ0v) is 14.0. The number of pyridine rings is 1. The van der Waals surface area contributed by atoms with Gasteiger partial charge in [-0.05, 0) is 54.3 Å². The maximum atomic E-state index is 12.9. The van der Waals surface area contributed by atoms with Gasteiger partial charge in [-0.25, -0.2) is 4.39 Å². The van der Waals surface area contributed by atoms with Crippen LogP contribution in [0.4, 0.5) is 10.1 Å². The summed E-state index contributed by atoms with van der Waals surface area (Å²) in [6.45, 7) is 1.93. The fraction of sp³-hybridized carbons (Fsp3) is 0.150. The highest BCUT2D eigenvalue weighted by atomic mass is 19.1. The van der Waals surface area contributed by atoms with Gasteiger partial charge in [-0.3, -0.25) is 9.59 Å². The van der Waals surface area contributed by atoms with Gasteiger partial charge in [0.2, 0.25) is 5.91 Å². The summed E-state index contributed by atoms with van der Waals surface area (Å²) in [5.41, 5.74) is 2.16. The highest BCUT2D eigenvalue weighted by Gasteiger charge is 2.20. The van der Waals surface area contributed by atoms with Crippen molar-refractivity contribution >= 4 is 22.5 Å². The third kappa shape index (κ3) is 3.78. The van der Waals surface area contributed by atoms with Gasteiger partial charge in [0.15, 0.2) is 0 Å². The molecule has 2 aromatic carbocycles. The molecule has 0 aliphatic carbocycles. The Labute approximate surface area is 149 Å². The lowest BCUT2D eigenvalue weighted by atomic mass is 9.99. The Bertz CT molecular complexity index is 1070. The molecular weight excluding hydrogens is 333 g/mol. The van der Waals surface area contributed by atoms with Crippen molar-refractivity contribution in [2.75, 3.05) is 5.32 Å². The van der Waals surface area contributed by atoms with Crippen molar-refractivity contribution in [2.45, 2.75) is 13.3 Å². The third-order valence-electron chi connectivity index (χ3n) is 4.09. The predicted molar refractivity (Wildman–Crippen MR) is 97.1 cm³/mol. The number of fused-ring (bicyclic) bond motifs is 1. The Hall–Kier alpha value is -3.46. The summed E-state index contributed by atoms with van der Waals surface area (Å²) in [5.74, 6) is -2.00. The van der Waals surface area contributed by atoms with Gasteiger partial charge in [0.25, 0.3) is 5.56 Å². The first-order valence-corrected chi connectivity index (χ1v) is 8.05. The van der Waals surface area contributed by atoms with Gasteiger partial charge in [0.05, 0.1) is 6.07 Å². The molecule has 1 heterocycles. The minimum absolute atomic E-state index is 0.0112. The predicted octanol–water partition coefficient (Wildman–Crippen LogP) is 3.30. The highest BCUT2D eigenvalue weighted by Crippen LogP contribution is 2.16. The Morgan fingerprint density at radius 1 is 1.23 bits per heavy atom. The molecule has 0 fully saturated rings. The van der Waals surface area contributed by atoms with Crippen LogP contribution in [0, 0.1) is 30.0 Å². The average molecular weight is 349 g/mol. The van der Waals surface area contributed by atoms with E-state index < -0.39 is 17.6 Å². The molecule has 3 rings (SSSR count). The zero-order chi connectivity index (χ0) is 18.7. The van der Waals surface area contributed by atoms with Crippen molar-refractivity contribution in [3.05, 3.63) is 75.8 Å². The number of aromatic nitrogens is 1. The van der Waals surface area contributed by atoms with Crippen molar-refractivity contribution in [3.63, 3.8) is 0 Å². The van der Waals surface area contributed by atoms with E-state index in [2.05, 4.69) is 10.3 Å². The normalized spacial score (nSPS) is 11.7. The van der Waals surface area contributed by atoms with Crippen LogP contribution >= 0.6 is 0 Å². The first kappa shape index (κ1) is 17.4. The lowest BCUT2D eigenvalue weighted by Gasteiger charge is -2.11. The van der Waals surface area contributed by atoms with E-state index in [-0.39, 0.29) is 12.0 Å². The Morgan fingerprint density at radius 3 is 2.65 bits per heavy atom. The molecule has 1 atom stereocenters. The van der Waals surface area contributed by atoms with E-state index in [0.29, 0.717) is 16.8 Å². The van der Waals surface area contributed by atoms with E-state index in [9.17, 15) is 19.2 Å². The van der Waals surface area contributed by atoms with Gasteiger partial charge in [-0.2, -0.15) is 5.26 Å². The number of hydrogen-bond donors (Lipinski definition) is 2. The quantitative estimate of drug-likeness (QED) is 0.758. The van der Waals surface area contributed by atoms with Crippen molar-refractivity contribution in [3.8, 4) is 6.07 Å². The number of halogens is 1. The van der Waals surface area contributed by atoms with Crippen LogP contribution in [0.3, 0.4) is 0 Å². The molecule has 0 unspecified atom stereocenters. The van der Waals surface area contributed by atoms with E-state index in [1.165, 1.54) is 24.3 Å². The number of rotatable bonds is 4. The summed E-state index contributed by atoms with van der Waals surface area (Å²) in [6, 6.07) is 14.5. The molecule has 130 valence electrons. The van der Waals surface area contributed by atoms with E-state index in [4.69, 9.17) is 0 Å². The van der Waals surface area contributed by atoms with Crippen LogP contribution in [0.25, 0.3) is 10.9 Å². The molecule has 0 aliphatic heterocycles. The molecule has 3 aromatic rings. The number of hydrogen-bond acceptors (Lipinski definition) is 3. The van der Waals surface area contributed by atoms with Crippen molar-refractivity contribution < 1.29 is 9.18 Å². The number of H-pyrrole nitrogens is 1. The number of amides is 1. The fourth-order valence-electron chi connectivity index (χ4n) is 2.69. The minimum Gasteiger partial charge on any atom is -0.325 e. The topological polar surface area (TPSA) is 85.8 Å². The van der Waals surface area contributed by atoms with Crippen molar-refractivity contribution in [1.82, 2.24) is 4.98 Å². The van der Waals surface area contributed by atoms with Gasteiger partial charge >= 0.3 is 0 Å². The summed E-state index contributed by atoms with van der Waals surface area (Å²) >= 11 is 0. The number of nitrogens with one attached hydrogen (secondary N) is 2. The molecule has 0 radical (unpaired) electrons. The van der Waals surface area contributed by atoms with Crippen LogP contribution in [-0.4, -0.2) is 10.9 Å². The Kier molecular flexibility index (Phi) is 4.81. The number of nitriles is 1. The summed E-state index contributed by atoms with van der Waals surface area (Å²) in [4.78, 5) is 27.4. The first-order chi connectivity index (χ1) is 12.5. The second-order valence-corrected chi connectivity index (χ2v) is 6.10. The lowest BCUT2D eigenvalue weighted by Crippen LogP contribution is -2.26. The highest BCUT2D eigenvalue weighted by molar-refractivity contribution is 5.94. The van der Waals surface area contributed by atoms with Crippen LogP contribution in [0.2, 0.25) is 0 Å². The summed E-state index contributed by atoms with van der Waals surface area (Å²) < 4.78 is 12.9. The summed E-state index contributed by atoms with van der Waals surface area (Å²) in [7, 11) is 0. The first-order valence-electron chi connectivity index (χ1n) is 8.05. The van der Waals surface area contributed by atoms with E-state index in [1.807, 2.05) is 31.2 Å². The minimum atomic E-state index is -1.04. The maximum absolute atomic E-state index is 12.9. The number of nitrogens with zero attached hydrogens (tertiary/aromatic N) is 1. The number of anilines is 1. The molecule has 0 bridgehead atoms. The number of aryl methyl sites for hydroxylation is 1. The van der Waals surface area contributed by atoms with Crippen LogP contribution in [-0.2, 0) is 11.2 Å². The molecular formula is C20H16FN3O2. The molecule has 6 heteroatoms. The number of benzene rings is 2. The lowest BCUT2D eigenvalue weighted by molar-refractivity contribution is -0.118.